The average molecular weight is 371 g/mol. The first-order valence-corrected chi connectivity index (χ1v) is 7.93. The molecule has 2 aromatic rings. The van der Waals surface area contributed by atoms with Gasteiger partial charge < -0.3 is 9.84 Å². The summed E-state index contributed by atoms with van der Waals surface area (Å²) in [5.74, 6) is -0.656. The molecule has 0 aliphatic rings. The second-order valence-corrected chi connectivity index (χ2v) is 6.43. The number of H-pyrrole nitrogens is 1. The standard InChI is InChI=1S/C16H16Cl2N2O4/c1-7(2)13-8(3)16(20-19-15(13)23)24-14-10(17)4-9(5-11(14)18)6-12(21)22/h4-5,7H,6H2,1-3H3,(H,19,23)(H,21,22). The molecule has 0 fully saturated rings. The lowest BCUT2D eigenvalue weighted by Crippen LogP contribution is -2.18. The van der Waals surface area contributed by atoms with E-state index in [0.717, 1.165) is 0 Å². The molecule has 0 radical (unpaired) electrons. The van der Waals surface area contributed by atoms with Crippen LogP contribution in [-0.4, -0.2) is 21.3 Å². The molecule has 1 aromatic heterocycles. The Morgan fingerprint density at radius 3 is 2.42 bits per heavy atom. The number of benzene rings is 1. The van der Waals surface area contributed by atoms with Gasteiger partial charge in [-0.25, -0.2) is 5.10 Å². The van der Waals surface area contributed by atoms with E-state index in [1.54, 1.807) is 6.92 Å². The van der Waals surface area contributed by atoms with Crippen molar-refractivity contribution in [3.05, 3.63) is 49.2 Å². The third-order valence-corrected chi connectivity index (χ3v) is 3.98. The normalized spacial score (nSPS) is 10.9. The topological polar surface area (TPSA) is 92.3 Å². The summed E-state index contributed by atoms with van der Waals surface area (Å²) in [6.07, 6.45) is -0.201. The van der Waals surface area contributed by atoms with Gasteiger partial charge in [-0.1, -0.05) is 37.0 Å². The molecule has 0 saturated carbocycles. The van der Waals surface area contributed by atoms with Gasteiger partial charge in [-0.2, -0.15) is 0 Å². The lowest BCUT2D eigenvalue weighted by molar-refractivity contribution is -0.136. The van der Waals surface area contributed by atoms with Crippen LogP contribution >= 0.6 is 23.2 Å². The van der Waals surface area contributed by atoms with Crippen LogP contribution in [0.4, 0.5) is 0 Å². The van der Waals surface area contributed by atoms with Crippen LogP contribution in [0, 0.1) is 6.92 Å². The fourth-order valence-corrected chi connectivity index (χ4v) is 3.02. The Labute approximate surface area is 148 Å². The zero-order chi connectivity index (χ0) is 18.0. The number of aromatic amines is 1. The fraction of sp³-hybridized carbons (Fsp3) is 0.312. The molecule has 24 heavy (non-hydrogen) atoms. The van der Waals surface area contributed by atoms with Crippen molar-refractivity contribution in [2.75, 3.05) is 0 Å². The summed E-state index contributed by atoms with van der Waals surface area (Å²) in [6, 6.07) is 2.95. The number of ether oxygens (including phenoxy) is 1. The quantitative estimate of drug-likeness (QED) is 0.831. The van der Waals surface area contributed by atoms with Crippen LogP contribution in [0.25, 0.3) is 0 Å². The summed E-state index contributed by atoms with van der Waals surface area (Å²) in [5.41, 5.74) is 1.34. The van der Waals surface area contributed by atoms with Crippen LogP contribution in [-0.2, 0) is 11.2 Å². The molecule has 0 atom stereocenters. The lowest BCUT2D eigenvalue weighted by atomic mass is 10.0. The van der Waals surface area contributed by atoms with Crippen molar-refractivity contribution in [2.45, 2.75) is 33.1 Å². The first-order valence-electron chi connectivity index (χ1n) is 7.17. The van der Waals surface area contributed by atoms with Crippen LogP contribution in [0.15, 0.2) is 16.9 Å². The highest BCUT2D eigenvalue weighted by atomic mass is 35.5. The minimum absolute atomic E-state index is 0.0111. The van der Waals surface area contributed by atoms with Crippen LogP contribution in [0.5, 0.6) is 11.6 Å². The fourth-order valence-electron chi connectivity index (χ4n) is 2.41. The number of halogens is 2. The third kappa shape index (κ3) is 3.88. The number of hydrogen-bond donors (Lipinski definition) is 2. The number of hydrogen-bond acceptors (Lipinski definition) is 4. The molecule has 0 aliphatic heterocycles. The second-order valence-electron chi connectivity index (χ2n) is 5.61. The van der Waals surface area contributed by atoms with E-state index in [0.29, 0.717) is 16.7 Å². The molecular formula is C16H16Cl2N2O4. The van der Waals surface area contributed by atoms with E-state index in [2.05, 4.69) is 10.2 Å². The van der Waals surface area contributed by atoms with Crippen LogP contribution in [0.1, 0.15) is 36.5 Å². The molecule has 6 nitrogen and oxygen atoms in total. The van der Waals surface area contributed by atoms with E-state index in [9.17, 15) is 9.59 Å². The number of carboxylic acids is 1. The van der Waals surface area contributed by atoms with Crippen LogP contribution in [0.2, 0.25) is 10.0 Å². The maximum absolute atomic E-state index is 11.9. The number of nitrogens with one attached hydrogen (secondary N) is 1. The molecular weight excluding hydrogens is 355 g/mol. The number of carbonyl (C=O) groups is 1. The lowest BCUT2D eigenvalue weighted by Gasteiger charge is -2.14. The molecule has 0 unspecified atom stereocenters. The number of nitrogens with zero attached hydrogens (tertiary/aromatic N) is 1. The highest BCUT2D eigenvalue weighted by Gasteiger charge is 2.18. The van der Waals surface area contributed by atoms with Gasteiger partial charge in [0.2, 0.25) is 5.88 Å². The summed E-state index contributed by atoms with van der Waals surface area (Å²) in [4.78, 5) is 22.7. The molecule has 8 heteroatoms. The zero-order valence-corrected chi connectivity index (χ0v) is 14.8. The SMILES string of the molecule is Cc1c(Oc2c(Cl)cc(CC(=O)O)cc2Cl)n[nH]c(=O)c1C(C)C. The average Bonchev–Trinajstić information content (AvgIpc) is 2.43. The highest BCUT2D eigenvalue weighted by molar-refractivity contribution is 6.37. The number of aromatic nitrogens is 2. The van der Waals surface area contributed by atoms with Gasteiger partial charge in [0.25, 0.3) is 5.56 Å². The summed E-state index contributed by atoms with van der Waals surface area (Å²) in [5, 5.41) is 15.5. The summed E-state index contributed by atoms with van der Waals surface area (Å²) in [7, 11) is 0. The Morgan fingerprint density at radius 1 is 1.33 bits per heavy atom. The molecule has 1 aromatic carbocycles. The minimum atomic E-state index is -0.990. The van der Waals surface area contributed by atoms with Crippen LogP contribution in [0.3, 0.4) is 0 Å². The molecule has 2 rings (SSSR count). The van der Waals surface area contributed by atoms with Crippen molar-refractivity contribution < 1.29 is 14.6 Å². The van der Waals surface area contributed by atoms with E-state index in [-0.39, 0.29) is 39.6 Å². The molecule has 128 valence electrons. The van der Waals surface area contributed by atoms with Crippen molar-refractivity contribution >= 4 is 29.2 Å². The largest absolute Gasteiger partial charge is 0.481 e. The van der Waals surface area contributed by atoms with E-state index < -0.39 is 5.97 Å². The maximum Gasteiger partial charge on any atom is 0.307 e. The van der Waals surface area contributed by atoms with E-state index in [1.807, 2.05) is 13.8 Å². The molecule has 0 bridgehead atoms. The van der Waals surface area contributed by atoms with Gasteiger partial charge in [0.15, 0.2) is 5.75 Å². The van der Waals surface area contributed by atoms with E-state index >= 15 is 0 Å². The van der Waals surface area contributed by atoms with Gasteiger partial charge in [-0.05, 0) is 30.5 Å². The molecule has 0 amide bonds. The van der Waals surface area contributed by atoms with E-state index in [1.165, 1.54) is 12.1 Å². The number of rotatable bonds is 5. The molecule has 0 aliphatic carbocycles. The zero-order valence-electron chi connectivity index (χ0n) is 13.3. The molecule has 0 saturated heterocycles. The molecule has 0 spiro atoms. The Balaban J connectivity index is 2.44. The van der Waals surface area contributed by atoms with Gasteiger partial charge in [-0.15, -0.1) is 5.10 Å². The predicted molar refractivity (Wildman–Crippen MR) is 91.6 cm³/mol. The van der Waals surface area contributed by atoms with Crippen molar-refractivity contribution in [1.82, 2.24) is 10.2 Å². The minimum Gasteiger partial charge on any atom is -0.481 e. The maximum atomic E-state index is 11.9. The first kappa shape index (κ1) is 18.3. The van der Waals surface area contributed by atoms with Crippen molar-refractivity contribution in [2.24, 2.45) is 0 Å². The molecule has 1 heterocycles. The van der Waals surface area contributed by atoms with Gasteiger partial charge >= 0.3 is 5.97 Å². The first-order chi connectivity index (χ1) is 11.2. The number of aliphatic carboxylic acids is 1. The van der Waals surface area contributed by atoms with Gasteiger partial charge in [0.05, 0.1) is 16.5 Å². The third-order valence-electron chi connectivity index (χ3n) is 3.42. The Bertz CT molecular complexity index is 823. The smallest absolute Gasteiger partial charge is 0.307 e. The summed E-state index contributed by atoms with van der Waals surface area (Å²) in [6.45, 7) is 5.51. The highest BCUT2D eigenvalue weighted by Crippen LogP contribution is 2.38. The van der Waals surface area contributed by atoms with Crippen molar-refractivity contribution in [3.63, 3.8) is 0 Å². The summed E-state index contributed by atoms with van der Waals surface area (Å²) >= 11 is 12.3. The Hall–Kier alpha value is -2.05. The molecule has 2 N–H and O–H groups in total. The van der Waals surface area contributed by atoms with Crippen molar-refractivity contribution in [3.8, 4) is 11.6 Å². The van der Waals surface area contributed by atoms with E-state index in [4.69, 9.17) is 33.0 Å². The predicted octanol–water partition coefficient (Wildman–Crippen LogP) is 3.93. The van der Waals surface area contributed by atoms with Gasteiger partial charge in [-0.3, -0.25) is 9.59 Å². The monoisotopic (exact) mass is 370 g/mol. The van der Waals surface area contributed by atoms with Crippen molar-refractivity contribution in [1.29, 1.82) is 0 Å². The summed E-state index contributed by atoms with van der Waals surface area (Å²) < 4.78 is 5.68. The van der Waals surface area contributed by atoms with Gasteiger partial charge in [0.1, 0.15) is 0 Å². The Kier molecular flexibility index (Phi) is 5.51. The van der Waals surface area contributed by atoms with Gasteiger partial charge in [0, 0.05) is 11.1 Å². The van der Waals surface area contributed by atoms with Crippen LogP contribution < -0.4 is 10.3 Å². The number of carboxylic acid groups (broad SMARTS) is 1. The second kappa shape index (κ2) is 7.23. The Morgan fingerprint density at radius 2 is 1.92 bits per heavy atom.